The molecule has 3 nitrogen and oxygen atoms in total. The van der Waals surface area contributed by atoms with Crippen LogP contribution in [0.15, 0.2) is 41.0 Å². The maximum Gasteiger partial charge on any atom is 0.130 e. The topological polar surface area (TPSA) is 28.2 Å². The van der Waals surface area contributed by atoms with Crippen LogP contribution in [0.5, 0.6) is 0 Å². The van der Waals surface area contributed by atoms with Crippen molar-refractivity contribution in [2.24, 2.45) is 0 Å². The van der Waals surface area contributed by atoms with E-state index in [4.69, 9.17) is 0 Å². The molecule has 1 N–H and O–H groups in total. The summed E-state index contributed by atoms with van der Waals surface area (Å²) in [6.45, 7) is 2.11. The van der Waals surface area contributed by atoms with E-state index < -0.39 is 0 Å². The summed E-state index contributed by atoms with van der Waals surface area (Å²) in [7, 11) is 4.09. The molecule has 1 aromatic heterocycles. The summed E-state index contributed by atoms with van der Waals surface area (Å²) in [5.41, 5.74) is 3.51. The molecule has 2 rings (SSSR count). The summed E-state index contributed by atoms with van der Waals surface area (Å²) in [5.74, 6) is 0.840. The Morgan fingerprint density at radius 3 is 2.56 bits per heavy atom. The molecule has 0 aliphatic rings. The van der Waals surface area contributed by atoms with Crippen molar-refractivity contribution in [2.45, 2.75) is 6.92 Å². The summed E-state index contributed by atoms with van der Waals surface area (Å²) in [6.07, 6.45) is 1.78. The van der Waals surface area contributed by atoms with Gasteiger partial charge in [0.05, 0.1) is 0 Å². The third-order valence-electron chi connectivity index (χ3n) is 2.69. The van der Waals surface area contributed by atoms with Crippen molar-refractivity contribution >= 4 is 33.1 Å². The van der Waals surface area contributed by atoms with Gasteiger partial charge in [0.15, 0.2) is 0 Å². The minimum absolute atomic E-state index is 0.840. The third kappa shape index (κ3) is 3.01. The van der Waals surface area contributed by atoms with Crippen LogP contribution in [0.1, 0.15) is 5.56 Å². The number of pyridine rings is 1. The number of hydrogen-bond acceptors (Lipinski definition) is 3. The molecule has 94 valence electrons. The van der Waals surface area contributed by atoms with Gasteiger partial charge in [-0.1, -0.05) is 6.07 Å². The van der Waals surface area contributed by atoms with E-state index in [0.717, 1.165) is 16.0 Å². The average Bonchev–Trinajstić information content (AvgIpc) is 2.34. The van der Waals surface area contributed by atoms with Crippen LogP contribution in [-0.4, -0.2) is 19.1 Å². The van der Waals surface area contributed by atoms with E-state index in [2.05, 4.69) is 56.3 Å². The van der Waals surface area contributed by atoms with Crippen LogP contribution in [-0.2, 0) is 0 Å². The Kier molecular flexibility index (Phi) is 3.87. The largest absolute Gasteiger partial charge is 0.377 e. The van der Waals surface area contributed by atoms with Gasteiger partial charge >= 0.3 is 0 Å². The van der Waals surface area contributed by atoms with E-state index in [-0.39, 0.29) is 0 Å². The summed E-state index contributed by atoms with van der Waals surface area (Å²) >= 11 is 3.37. The number of rotatable bonds is 3. The average molecular weight is 306 g/mol. The zero-order valence-electron chi connectivity index (χ0n) is 10.7. The van der Waals surface area contributed by atoms with Gasteiger partial charge in [-0.15, -0.1) is 0 Å². The zero-order chi connectivity index (χ0) is 13.1. The molecule has 0 saturated heterocycles. The number of benzene rings is 1. The van der Waals surface area contributed by atoms with E-state index in [9.17, 15) is 0 Å². The first kappa shape index (κ1) is 12.9. The fourth-order valence-electron chi connectivity index (χ4n) is 1.77. The van der Waals surface area contributed by atoms with Crippen molar-refractivity contribution in [2.75, 3.05) is 24.3 Å². The molecule has 2 aromatic rings. The number of anilines is 3. The van der Waals surface area contributed by atoms with Gasteiger partial charge in [-0.3, -0.25) is 0 Å². The first-order valence-electron chi connectivity index (χ1n) is 5.73. The number of aromatic nitrogens is 1. The molecule has 0 fully saturated rings. The molecule has 0 amide bonds. The first-order chi connectivity index (χ1) is 8.56. The smallest absolute Gasteiger partial charge is 0.130 e. The molecule has 0 aliphatic carbocycles. The Labute approximate surface area is 116 Å². The zero-order valence-corrected chi connectivity index (χ0v) is 12.3. The number of aryl methyl sites for hydroxylation is 1. The van der Waals surface area contributed by atoms with E-state index >= 15 is 0 Å². The van der Waals surface area contributed by atoms with E-state index in [1.807, 2.05) is 26.2 Å². The van der Waals surface area contributed by atoms with Crippen LogP contribution in [0.25, 0.3) is 0 Å². The van der Waals surface area contributed by atoms with Gasteiger partial charge in [-0.05, 0) is 52.7 Å². The predicted molar refractivity (Wildman–Crippen MR) is 80.7 cm³/mol. The molecule has 0 atom stereocenters. The Morgan fingerprint density at radius 2 is 1.94 bits per heavy atom. The summed E-state index contributed by atoms with van der Waals surface area (Å²) in [4.78, 5) is 6.41. The van der Waals surface area contributed by atoms with E-state index in [1.54, 1.807) is 6.20 Å². The monoisotopic (exact) mass is 305 g/mol. The standard InChI is InChI=1S/C14H16BrN3/c1-10-4-6-12(8-13(10)18(2)3)17-14-7-5-11(15)9-16-14/h4-9H,1-3H3,(H,16,17). The van der Waals surface area contributed by atoms with Crippen LogP contribution in [0.2, 0.25) is 0 Å². The molecule has 0 radical (unpaired) electrons. The Bertz CT molecular complexity index is 535. The molecule has 0 bridgehead atoms. The number of hydrogen-bond donors (Lipinski definition) is 1. The lowest BCUT2D eigenvalue weighted by atomic mass is 10.1. The lowest BCUT2D eigenvalue weighted by molar-refractivity contribution is 1.11. The third-order valence-corrected chi connectivity index (χ3v) is 3.16. The second-order valence-corrected chi connectivity index (χ2v) is 5.30. The number of halogens is 1. The fraction of sp³-hybridized carbons (Fsp3) is 0.214. The molecule has 0 spiro atoms. The van der Waals surface area contributed by atoms with Gasteiger partial charge in [0.25, 0.3) is 0 Å². The second kappa shape index (κ2) is 5.40. The van der Waals surface area contributed by atoms with Crippen molar-refractivity contribution in [1.29, 1.82) is 0 Å². The highest BCUT2D eigenvalue weighted by Crippen LogP contribution is 2.24. The molecule has 0 saturated carbocycles. The van der Waals surface area contributed by atoms with Gasteiger partial charge in [-0.2, -0.15) is 0 Å². The van der Waals surface area contributed by atoms with Crippen molar-refractivity contribution in [1.82, 2.24) is 4.98 Å². The highest BCUT2D eigenvalue weighted by molar-refractivity contribution is 9.10. The minimum Gasteiger partial charge on any atom is -0.377 e. The maximum absolute atomic E-state index is 4.30. The van der Waals surface area contributed by atoms with Crippen LogP contribution in [0.4, 0.5) is 17.2 Å². The molecule has 4 heteroatoms. The van der Waals surface area contributed by atoms with Crippen molar-refractivity contribution < 1.29 is 0 Å². The summed E-state index contributed by atoms with van der Waals surface area (Å²) in [6, 6.07) is 10.2. The predicted octanol–water partition coefficient (Wildman–Crippen LogP) is 3.96. The number of nitrogens with zero attached hydrogens (tertiary/aromatic N) is 2. The van der Waals surface area contributed by atoms with Crippen LogP contribution >= 0.6 is 15.9 Å². The van der Waals surface area contributed by atoms with Crippen molar-refractivity contribution in [3.63, 3.8) is 0 Å². The van der Waals surface area contributed by atoms with Gasteiger partial charge in [0, 0.05) is 36.1 Å². The van der Waals surface area contributed by atoms with Gasteiger partial charge in [0.1, 0.15) is 5.82 Å². The molecular weight excluding hydrogens is 290 g/mol. The van der Waals surface area contributed by atoms with Crippen molar-refractivity contribution in [3.05, 3.63) is 46.6 Å². The normalized spacial score (nSPS) is 10.2. The minimum atomic E-state index is 0.840. The molecular formula is C14H16BrN3. The lowest BCUT2D eigenvalue weighted by Crippen LogP contribution is -2.10. The van der Waals surface area contributed by atoms with Gasteiger partial charge in [-0.25, -0.2) is 4.98 Å². The quantitative estimate of drug-likeness (QED) is 0.930. The lowest BCUT2D eigenvalue weighted by Gasteiger charge is -2.17. The molecule has 18 heavy (non-hydrogen) atoms. The fourth-order valence-corrected chi connectivity index (χ4v) is 2.00. The Balaban J connectivity index is 2.24. The van der Waals surface area contributed by atoms with E-state index in [0.29, 0.717) is 0 Å². The van der Waals surface area contributed by atoms with E-state index in [1.165, 1.54) is 11.3 Å². The number of nitrogens with one attached hydrogen (secondary N) is 1. The van der Waals surface area contributed by atoms with Crippen LogP contribution in [0.3, 0.4) is 0 Å². The van der Waals surface area contributed by atoms with Gasteiger partial charge in [0.2, 0.25) is 0 Å². The molecule has 1 aromatic carbocycles. The summed E-state index contributed by atoms with van der Waals surface area (Å²) < 4.78 is 0.978. The van der Waals surface area contributed by atoms with Crippen LogP contribution < -0.4 is 10.2 Å². The SMILES string of the molecule is Cc1ccc(Nc2ccc(Br)cn2)cc1N(C)C. The molecule has 1 heterocycles. The Morgan fingerprint density at radius 1 is 1.17 bits per heavy atom. The van der Waals surface area contributed by atoms with Crippen molar-refractivity contribution in [3.8, 4) is 0 Å². The highest BCUT2D eigenvalue weighted by Gasteiger charge is 2.03. The second-order valence-electron chi connectivity index (χ2n) is 4.38. The highest BCUT2D eigenvalue weighted by atomic mass is 79.9. The van der Waals surface area contributed by atoms with Crippen LogP contribution in [0, 0.1) is 6.92 Å². The Hall–Kier alpha value is -1.55. The molecule has 0 aliphatic heterocycles. The molecule has 0 unspecified atom stereocenters. The summed E-state index contributed by atoms with van der Waals surface area (Å²) in [5, 5.41) is 3.30. The van der Waals surface area contributed by atoms with Gasteiger partial charge < -0.3 is 10.2 Å². The first-order valence-corrected chi connectivity index (χ1v) is 6.52. The maximum atomic E-state index is 4.30.